The van der Waals surface area contributed by atoms with Crippen LogP contribution in [0.25, 0.3) is 0 Å². The summed E-state index contributed by atoms with van der Waals surface area (Å²) in [7, 11) is 0. The number of carbonyl (C=O) groups excluding carboxylic acids is 1. The molecule has 1 heterocycles. The highest BCUT2D eigenvalue weighted by molar-refractivity contribution is 5.87. The van der Waals surface area contributed by atoms with E-state index in [0.29, 0.717) is 13.0 Å². The quantitative estimate of drug-likeness (QED) is 0.807. The minimum absolute atomic E-state index is 0.110. The molecule has 0 aliphatic carbocycles. The van der Waals surface area contributed by atoms with Gasteiger partial charge in [0, 0.05) is 12.6 Å². The number of likely N-dealkylation sites (tertiary alicyclic amines) is 1. The predicted octanol–water partition coefficient (Wildman–Crippen LogP) is 2.06. The molecule has 1 fully saturated rings. The van der Waals surface area contributed by atoms with E-state index in [1.165, 1.54) is 10.5 Å². The van der Waals surface area contributed by atoms with E-state index in [0.717, 1.165) is 19.3 Å². The van der Waals surface area contributed by atoms with Gasteiger partial charge in [0.1, 0.15) is 6.04 Å². The molecule has 1 amide bonds. The molecular weight excluding hydrogens is 292 g/mol. The molecule has 0 aromatic heterocycles. The lowest BCUT2D eigenvalue weighted by Crippen LogP contribution is -2.50. The minimum Gasteiger partial charge on any atom is -0.480 e. The molecule has 126 valence electrons. The van der Waals surface area contributed by atoms with Crippen molar-refractivity contribution < 1.29 is 14.7 Å². The van der Waals surface area contributed by atoms with Gasteiger partial charge in [-0.1, -0.05) is 30.3 Å². The Bertz CT molecular complexity index is 532. The zero-order valence-electron chi connectivity index (χ0n) is 13.9. The van der Waals surface area contributed by atoms with Gasteiger partial charge in [0.2, 0.25) is 5.91 Å². The summed E-state index contributed by atoms with van der Waals surface area (Å²) in [5.74, 6) is -1.01. The molecule has 0 radical (unpaired) electrons. The summed E-state index contributed by atoms with van der Waals surface area (Å²) >= 11 is 0. The number of carbonyl (C=O) groups is 2. The monoisotopic (exact) mass is 318 g/mol. The molecule has 0 saturated carbocycles. The first-order valence-corrected chi connectivity index (χ1v) is 8.32. The first kappa shape index (κ1) is 17.5. The van der Waals surface area contributed by atoms with Gasteiger partial charge in [-0.25, -0.2) is 4.79 Å². The van der Waals surface area contributed by atoms with Gasteiger partial charge in [-0.3, -0.25) is 4.79 Å². The van der Waals surface area contributed by atoms with E-state index in [-0.39, 0.29) is 18.0 Å². The van der Waals surface area contributed by atoms with Gasteiger partial charge in [0.25, 0.3) is 0 Å². The van der Waals surface area contributed by atoms with Gasteiger partial charge in [0.15, 0.2) is 0 Å². The summed E-state index contributed by atoms with van der Waals surface area (Å²) in [6.45, 7) is 4.42. The largest absolute Gasteiger partial charge is 0.480 e. The number of carboxylic acid groups (broad SMARTS) is 1. The van der Waals surface area contributed by atoms with Crippen molar-refractivity contribution in [3.63, 3.8) is 0 Å². The number of hydrogen-bond donors (Lipinski definition) is 2. The Morgan fingerprint density at radius 2 is 2.00 bits per heavy atom. The van der Waals surface area contributed by atoms with E-state index in [9.17, 15) is 14.7 Å². The number of nitrogens with zero attached hydrogens (tertiary/aromatic N) is 1. The topological polar surface area (TPSA) is 69.6 Å². The summed E-state index contributed by atoms with van der Waals surface area (Å²) in [6.07, 6.45) is 3.21. The molecule has 2 rings (SSSR count). The van der Waals surface area contributed by atoms with Crippen LogP contribution in [0.4, 0.5) is 0 Å². The fourth-order valence-corrected chi connectivity index (χ4v) is 3.15. The second kappa shape index (κ2) is 8.11. The van der Waals surface area contributed by atoms with Gasteiger partial charge in [-0.2, -0.15) is 0 Å². The number of aliphatic carboxylic acids is 1. The van der Waals surface area contributed by atoms with Gasteiger partial charge in [-0.15, -0.1) is 0 Å². The number of hydrogen-bond acceptors (Lipinski definition) is 3. The Morgan fingerprint density at radius 3 is 2.65 bits per heavy atom. The van der Waals surface area contributed by atoms with Crippen LogP contribution in [0.1, 0.15) is 38.7 Å². The molecule has 1 aromatic rings. The van der Waals surface area contributed by atoms with Crippen molar-refractivity contribution in [2.24, 2.45) is 0 Å². The van der Waals surface area contributed by atoms with Crippen molar-refractivity contribution in [2.45, 2.75) is 57.7 Å². The third-order valence-corrected chi connectivity index (χ3v) is 4.43. The highest BCUT2D eigenvalue weighted by Crippen LogP contribution is 2.18. The molecule has 0 spiro atoms. The number of benzene rings is 1. The summed E-state index contributed by atoms with van der Waals surface area (Å²) in [6, 6.07) is 9.43. The third-order valence-electron chi connectivity index (χ3n) is 4.43. The fraction of sp³-hybridized carbons (Fsp3) is 0.556. The number of nitrogens with one attached hydrogen (secondary N) is 1. The zero-order valence-corrected chi connectivity index (χ0v) is 13.9. The molecule has 0 bridgehead atoms. The summed E-state index contributed by atoms with van der Waals surface area (Å²) in [4.78, 5) is 25.2. The molecular formula is C18H26N2O3. The molecule has 3 atom stereocenters. The van der Waals surface area contributed by atoms with E-state index in [2.05, 4.69) is 24.4 Å². The normalized spacial score (nSPS) is 20.3. The zero-order chi connectivity index (χ0) is 16.8. The van der Waals surface area contributed by atoms with Crippen molar-refractivity contribution in [1.29, 1.82) is 0 Å². The number of rotatable bonds is 7. The molecule has 2 N–H and O–H groups in total. The predicted molar refractivity (Wildman–Crippen MR) is 89.2 cm³/mol. The fourth-order valence-electron chi connectivity index (χ4n) is 3.15. The Hall–Kier alpha value is -1.88. The molecule has 5 heteroatoms. The first-order chi connectivity index (χ1) is 11.0. The van der Waals surface area contributed by atoms with Crippen LogP contribution < -0.4 is 5.32 Å². The van der Waals surface area contributed by atoms with Crippen LogP contribution in [0.2, 0.25) is 0 Å². The Morgan fingerprint density at radius 1 is 1.30 bits per heavy atom. The van der Waals surface area contributed by atoms with E-state index in [4.69, 9.17) is 0 Å². The van der Waals surface area contributed by atoms with Gasteiger partial charge < -0.3 is 15.3 Å². The molecule has 23 heavy (non-hydrogen) atoms. The lowest BCUT2D eigenvalue weighted by molar-refractivity contribution is -0.148. The van der Waals surface area contributed by atoms with Crippen LogP contribution in [0.15, 0.2) is 30.3 Å². The van der Waals surface area contributed by atoms with Crippen molar-refractivity contribution in [3.8, 4) is 0 Å². The van der Waals surface area contributed by atoms with E-state index in [1.807, 2.05) is 25.1 Å². The second-order valence-corrected chi connectivity index (χ2v) is 6.34. The highest BCUT2D eigenvalue weighted by Gasteiger charge is 2.35. The van der Waals surface area contributed by atoms with Crippen LogP contribution >= 0.6 is 0 Å². The molecule has 1 saturated heterocycles. The molecule has 1 aromatic carbocycles. The SMILES string of the molecule is C[C@H](CCc1ccccc1)N[C@@H](C)C(=O)N1CCC[C@H]1C(=O)O. The van der Waals surface area contributed by atoms with Crippen LogP contribution in [0.3, 0.4) is 0 Å². The standard InChI is InChI=1S/C18H26N2O3/c1-13(10-11-15-7-4-3-5-8-15)19-14(2)17(21)20-12-6-9-16(20)18(22)23/h3-5,7-8,13-14,16,19H,6,9-12H2,1-2H3,(H,22,23)/t13-,14+,16+/m1/s1. The maximum atomic E-state index is 12.5. The van der Waals surface area contributed by atoms with Crippen molar-refractivity contribution in [2.75, 3.05) is 6.54 Å². The maximum Gasteiger partial charge on any atom is 0.326 e. The van der Waals surface area contributed by atoms with Gasteiger partial charge in [0.05, 0.1) is 6.04 Å². The molecule has 1 aliphatic rings. The second-order valence-electron chi connectivity index (χ2n) is 6.34. The maximum absolute atomic E-state index is 12.5. The minimum atomic E-state index is -0.903. The van der Waals surface area contributed by atoms with Crippen molar-refractivity contribution in [3.05, 3.63) is 35.9 Å². The van der Waals surface area contributed by atoms with Crippen LogP contribution in [-0.4, -0.2) is 46.6 Å². The van der Waals surface area contributed by atoms with Crippen molar-refractivity contribution in [1.82, 2.24) is 10.2 Å². The van der Waals surface area contributed by atoms with Crippen LogP contribution in [0, 0.1) is 0 Å². The number of carboxylic acids is 1. The molecule has 0 unspecified atom stereocenters. The van der Waals surface area contributed by atoms with E-state index in [1.54, 1.807) is 0 Å². The highest BCUT2D eigenvalue weighted by atomic mass is 16.4. The molecule has 1 aliphatic heterocycles. The summed E-state index contributed by atoms with van der Waals surface area (Å²) in [5.41, 5.74) is 1.28. The lowest BCUT2D eigenvalue weighted by atomic mass is 10.1. The Kier molecular flexibility index (Phi) is 6.16. The number of amides is 1. The average molecular weight is 318 g/mol. The van der Waals surface area contributed by atoms with Crippen LogP contribution in [-0.2, 0) is 16.0 Å². The first-order valence-electron chi connectivity index (χ1n) is 8.32. The Balaban J connectivity index is 1.82. The Labute approximate surface area is 137 Å². The third kappa shape index (κ3) is 4.79. The smallest absolute Gasteiger partial charge is 0.326 e. The average Bonchev–Trinajstić information content (AvgIpc) is 3.03. The lowest BCUT2D eigenvalue weighted by Gasteiger charge is -2.27. The number of aryl methyl sites for hydroxylation is 1. The summed E-state index contributed by atoms with van der Waals surface area (Å²) in [5, 5.41) is 12.5. The molecule has 5 nitrogen and oxygen atoms in total. The van der Waals surface area contributed by atoms with Gasteiger partial charge in [-0.05, 0) is 45.1 Å². The summed E-state index contributed by atoms with van der Waals surface area (Å²) < 4.78 is 0. The van der Waals surface area contributed by atoms with Crippen LogP contribution in [0.5, 0.6) is 0 Å². The van der Waals surface area contributed by atoms with Gasteiger partial charge >= 0.3 is 5.97 Å². The van der Waals surface area contributed by atoms with E-state index < -0.39 is 12.0 Å². The van der Waals surface area contributed by atoms with E-state index >= 15 is 0 Å². The van der Waals surface area contributed by atoms with Crippen molar-refractivity contribution >= 4 is 11.9 Å².